The smallest absolute Gasteiger partial charge is 0.0483 e. The van der Waals surface area contributed by atoms with Crippen LogP contribution in [-0.2, 0) is 4.32 Å². The molecular formula is C18H21Br. The molecule has 0 fully saturated rings. The van der Waals surface area contributed by atoms with E-state index in [1.165, 1.54) is 11.1 Å². The van der Waals surface area contributed by atoms with Crippen LogP contribution in [0.25, 0.3) is 0 Å². The Bertz CT molecular complexity index is 488. The topological polar surface area (TPSA) is 0 Å². The summed E-state index contributed by atoms with van der Waals surface area (Å²) in [5, 5.41) is 0. The first kappa shape index (κ1) is 14.3. The second kappa shape index (κ2) is 6.38. The first-order valence-electron chi connectivity index (χ1n) is 6.93. The highest BCUT2D eigenvalue weighted by Crippen LogP contribution is 2.41. The molecular weight excluding hydrogens is 296 g/mol. The Morgan fingerprint density at radius 1 is 0.947 bits per heavy atom. The molecule has 2 rings (SSSR count). The van der Waals surface area contributed by atoms with Gasteiger partial charge in [0.25, 0.3) is 0 Å². The van der Waals surface area contributed by atoms with Crippen LogP contribution >= 0.6 is 15.9 Å². The maximum Gasteiger partial charge on any atom is 0.0483 e. The lowest BCUT2D eigenvalue weighted by molar-refractivity contribution is 0.519. The fourth-order valence-electron chi connectivity index (χ4n) is 2.59. The Labute approximate surface area is 125 Å². The minimum Gasteiger partial charge on any atom is -0.0804 e. The lowest BCUT2D eigenvalue weighted by atomic mass is 9.84. The average molecular weight is 317 g/mol. The van der Waals surface area contributed by atoms with Crippen molar-refractivity contribution in [2.24, 2.45) is 0 Å². The van der Waals surface area contributed by atoms with Crippen molar-refractivity contribution >= 4 is 15.9 Å². The summed E-state index contributed by atoms with van der Waals surface area (Å²) in [7, 11) is 0. The molecule has 0 bridgehead atoms. The van der Waals surface area contributed by atoms with E-state index in [1.54, 1.807) is 0 Å². The number of benzene rings is 2. The maximum atomic E-state index is 3.93. The molecule has 2 unspecified atom stereocenters. The van der Waals surface area contributed by atoms with Crippen LogP contribution in [0.5, 0.6) is 0 Å². The lowest BCUT2D eigenvalue weighted by Crippen LogP contribution is -2.17. The van der Waals surface area contributed by atoms with Gasteiger partial charge in [-0.05, 0) is 36.8 Å². The fourth-order valence-corrected chi connectivity index (χ4v) is 3.24. The summed E-state index contributed by atoms with van der Waals surface area (Å²) in [6.07, 6.45) is 2.27. The Balaban J connectivity index is 2.19. The van der Waals surface area contributed by atoms with E-state index in [0.29, 0.717) is 5.92 Å². The third-order valence-corrected chi connectivity index (χ3v) is 4.55. The van der Waals surface area contributed by atoms with Crippen LogP contribution in [-0.4, -0.2) is 0 Å². The fraction of sp³-hybridized carbons (Fsp3) is 0.333. The Morgan fingerprint density at radius 2 is 1.47 bits per heavy atom. The van der Waals surface area contributed by atoms with Gasteiger partial charge in [-0.1, -0.05) is 83.5 Å². The molecule has 0 nitrogen and oxygen atoms in total. The minimum absolute atomic E-state index is 0.0325. The van der Waals surface area contributed by atoms with Crippen LogP contribution in [0.2, 0.25) is 0 Å². The van der Waals surface area contributed by atoms with Gasteiger partial charge in [0.2, 0.25) is 0 Å². The van der Waals surface area contributed by atoms with E-state index in [2.05, 4.69) is 90.4 Å². The first-order valence-corrected chi connectivity index (χ1v) is 7.72. The van der Waals surface area contributed by atoms with E-state index in [-0.39, 0.29) is 4.32 Å². The van der Waals surface area contributed by atoms with Crippen LogP contribution in [0, 0.1) is 0 Å². The average Bonchev–Trinajstić information content (AvgIpc) is 2.47. The third-order valence-electron chi connectivity index (χ3n) is 3.77. The van der Waals surface area contributed by atoms with E-state index in [1.807, 2.05) is 0 Å². The van der Waals surface area contributed by atoms with Gasteiger partial charge in [-0.25, -0.2) is 0 Å². The molecule has 0 saturated heterocycles. The summed E-state index contributed by atoms with van der Waals surface area (Å²) in [6.45, 7) is 4.54. The van der Waals surface area contributed by atoms with Gasteiger partial charge in [0.05, 0.1) is 0 Å². The summed E-state index contributed by atoms with van der Waals surface area (Å²) in [5.41, 5.74) is 2.79. The van der Waals surface area contributed by atoms with E-state index < -0.39 is 0 Å². The van der Waals surface area contributed by atoms with Gasteiger partial charge in [-0.15, -0.1) is 0 Å². The van der Waals surface area contributed by atoms with Crippen LogP contribution in [0.1, 0.15) is 43.7 Å². The van der Waals surface area contributed by atoms with Gasteiger partial charge in [0.1, 0.15) is 0 Å². The second-order valence-corrected chi connectivity index (χ2v) is 7.03. The molecule has 0 aliphatic carbocycles. The van der Waals surface area contributed by atoms with Crippen molar-refractivity contribution < 1.29 is 0 Å². The first-order chi connectivity index (χ1) is 9.13. The van der Waals surface area contributed by atoms with Crippen molar-refractivity contribution in [3.8, 4) is 0 Å². The SMILES string of the molecule is CCC(CC(C)(Br)c1ccccc1)c1ccccc1. The zero-order valence-electron chi connectivity index (χ0n) is 11.6. The van der Waals surface area contributed by atoms with Crippen molar-refractivity contribution in [3.63, 3.8) is 0 Å². The van der Waals surface area contributed by atoms with E-state index in [9.17, 15) is 0 Å². The molecule has 0 amide bonds. The third kappa shape index (κ3) is 3.70. The van der Waals surface area contributed by atoms with Crippen molar-refractivity contribution in [1.29, 1.82) is 0 Å². The molecule has 2 aromatic carbocycles. The number of halogens is 1. The molecule has 0 radical (unpaired) electrons. The summed E-state index contributed by atoms with van der Waals surface area (Å²) >= 11 is 3.93. The minimum atomic E-state index is 0.0325. The molecule has 0 aromatic heterocycles. The molecule has 2 atom stereocenters. The molecule has 0 spiro atoms. The molecule has 0 aliphatic rings. The zero-order chi connectivity index (χ0) is 13.7. The lowest BCUT2D eigenvalue weighted by Gasteiger charge is -2.28. The van der Waals surface area contributed by atoms with Crippen molar-refractivity contribution in [1.82, 2.24) is 0 Å². The second-order valence-electron chi connectivity index (χ2n) is 5.28. The molecule has 0 aliphatic heterocycles. The van der Waals surface area contributed by atoms with Crippen LogP contribution < -0.4 is 0 Å². The van der Waals surface area contributed by atoms with Gasteiger partial charge in [-0.3, -0.25) is 0 Å². The van der Waals surface area contributed by atoms with Crippen molar-refractivity contribution in [3.05, 3.63) is 71.8 Å². The number of alkyl halides is 1. The standard InChI is InChI=1S/C18H21Br/c1-3-15(16-10-6-4-7-11-16)14-18(2,19)17-12-8-5-9-13-17/h4-13,15H,3,14H2,1-2H3. The Hall–Kier alpha value is -1.08. The number of rotatable bonds is 5. The van der Waals surface area contributed by atoms with E-state index in [4.69, 9.17) is 0 Å². The maximum absolute atomic E-state index is 3.93. The number of hydrogen-bond donors (Lipinski definition) is 0. The van der Waals surface area contributed by atoms with Gasteiger partial charge in [0, 0.05) is 4.32 Å². The predicted octanol–water partition coefficient (Wildman–Crippen LogP) is 5.88. The highest BCUT2D eigenvalue weighted by atomic mass is 79.9. The summed E-state index contributed by atoms with van der Waals surface area (Å²) in [6, 6.07) is 21.5. The quantitative estimate of drug-likeness (QED) is 0.604. The molecule has 0 heterocycles. The normalized spacial score (nSPS) is 15.7. The summed E-state index contributed by atoms with van der Waals surface area (Å²) < 4.78 is 0.0325. The van der Waals surface area contributed by atoms with Crippen LogP contribution in [0.3, 0.4) is 0 Å². The van der Waals surface area contributed by atoms with Gasteiger partial charge in [-0.2, -0.15) is 0 Å². The molecule has 100 valence electrons. The van der Waals surface area contributed by atoms with Gasteiger partial charge >= 0.3 is 0 Å². The molecule has 19 heavy (non-hydrogen) atoms. The van der Waals surface area contributed by atoms with Gasteiger partial charge < -0.3 is 0 Å². The highest BCUT2D eigenvalue weighted by Gasteiger charge is 2.26. The van der Waals surface area contributed by atoms with E-state index >= 15 is 0 Å². The summed E-state index contributed by atoms with van der Waals surface area (Å²) in [5.74, 6) is 0.589. The zero-order valence-corrected chi connectivity index (χ0v) is 13.2. The van der Waals surface area contributed by atoms with E-state index in [0.717, 1.165) is 12.8 Å². The number of hydrogen-bond acceptors (Lipinski definition) is 0. The van der Waals surface area contributed by atoms with Crippen LogP contribution in [0.4, 0.5) is 0 Å². The van der Waals surface area contributed by atoms with Crippen molar-refractivity contribution in [2.75, 3.05) is 0 Å². The van der Waals surface area contributed by atoms with Crippen molar-refractivity contribution in [2.45, 2.75) is 36.9 Å². The molecule has 0 N–H and O–H groups in total. The predicted molar refractivity (Wildman–Crippen MR) is 86.8 cm³/mol. The molecule has 1 heteroatoms. The largest absolute Gasteiger partial charge is 0.0804 e. The Kier molecular flexibility index (Phi) is 4.81. The Morgan fingerprint density at radius 3 is 2.00 bits per heavy atom. The van der Waals surface area contributed by atoms with Crippen LogP contribution in [0.15, 0.2) is 60.7 Å². The highest BCUT2D eigenvalue weighted by molar-refractivity contribution is 9.09. The monoisotopic (exact) mass is 316 g/mol. The van der Waals surface area contributed by atoms with Gasteiger partial charge in [0.15, 0.2) is 0 Å². The molecule has 2 aromatic rings. The summed E-state index contributed by atoms with van der Waals surface area (Å²) in [4.78, 5) is 0. The molecule has 0 saturated carbocycles.